The molecular formula is C20H12Cl2N2O2. The summed E-state index contributed by atoms with van der Waals surface area (Å²) in [6, 6.07) is 20.9. The third-order valence-corrected chi connectivity index (χ3v) is 4.35. The standard InChI is InChI=1S/C20H12Cl2N2O2/c21-13-5-9-15(10-6-13)23-20-24(16-11-7-14(22)8-12-16)19(25)17-3-1-2-4-18(17)26-20/h1-12H. The van der Waals surface area contributed by atoms with Gasteiger partial charge in [0, 0.05) is 10.0 Å². The molecule has 0 fully saturated rings. The minimum absolute atomic E-state index is 0.165. The van der Waals surface area contributed by atoms with Gasteiger partial charge in [0.25, 0.3) is 5.56 Å². The summed E-state index contributed by atoms with van der Waals surface area (Å²) < 4.78 is 7.35. The van der Waals surface area contributed by atoms with Crippen LogP contribution in [0, 0.1) is 0 Å². The highest BCUT2D eigenvalue weighted by Crippen LogP contribution is 2.17. The van der Waals surface area contributed by atoms with Crippen LogP contribution in [0.3, 0.4) is 0 Å². The molecule has 0 unspecified atom stereocenters. The molecule has 0 N–H and O–H groups in total. The molecule has 4 rings (SSSR count). The summed E-state index contributed by atoms with van der Waals surface area (Å²) in [5, 5.41) is 1.66. The van der Waals surface area contributed by atoms with Gasteiger partial charge in [0.05, 0.1) is 16.8 Å². The Bertz CT molecular complexity index is 1210. The fourth-order valence-corrected chi connectivity index (χ4v) is 2.85. The molecule has 1 heterocycles. The molecule has 26 heavy (non-hydrogen) atoms. The molecule has 0 amide bonds. The molecule has 128 valence electrons. The summed E-state index contributed by atoms with van der Waals surface area (Å²) >= 11 is 11.9. The number of hydrogen-bond donors (Lipinski definition) is 0. The lowest BCUT2D eigenvalue weighted by Gasteiger charge is -2.08. The van der Waals surface area contributed by atoms with Gasteiger partial charge < -0.3 is 4.42 Å². The third kappa shape index (κ3) is 3.17. The molecule has 4 nitrogen and oxygen atoms in total. The quantitative estimate of drug-likeness (QED) is 0.482. The Balaban J connectivity index is 2.07. The Labute approximate surface area is 158 Å². The molecular weight excluding hydrogens is 371 g/mol. The van der Waals surface area contributed by atoms with Crippen molar-refractivity contribution in [1.82, 2.24) is 4.57 Å². The molecule has 0 radical (unpaired) electrons. The first-order valence-electron chi connectivity index (χ1n) is 7.83. The summed E-state index contributed by atoms with van der Waals surface area (Å²) in [4.78, 5) is 17.6. The Kier molecular flexibility index (Phi) is 4.37. The molecule has 0 saturated heterocycles. The first-order chi connectivity index (χ1) is 12.6. The molecule has 6 heteroatoms. The van der Waals surface area contributed by atoms with E-state index in [-0.39, 0.29) is 11.2 Å². The second-order valence-corrected chi connectivity index (χ2v) is 6.46. The molecule has 4 aromatic rings. The van der Waals surface area contributed by atoms with Crippen LogP contribution in [0.15, 0.2) is 87.0 Å². The van der Waals surface area contributed by atoms with Crippen molar-refractivity contribution in [3.05, 3.63) is 98.9 Å². The maximum atomic E-state index is 13.1. The van der Waals surface area contributed by atoms with E-state index in [9.17, 15) is 4.79 Å². The summed E-state index contributed by atoms with van der Waals surface area (Å²) in [5.41, 5.74) is 1.65. The molecule has 0 aliphatic carbocycles. The predicted molar refractivity (Wildman–Crippen MR) is 103 cm³/mol. The van der Waals surface area contributed by atoms with Crippen LogP contribution in [0.1, 0.15) is 0 Å². The normalized spacial score (nSPS) is 11.8. The van der Waals surface area contributed by atoms with Gasteiger partial charge in [0.15, 0.2) is 0 Å². The van der Waals surface area contributed by atoms with Crippen molar-refractivity contribution in [2.75, 3.05) is 0 Å². The van der Waals surface area contributed by atoms with Crippen LogP contribution in [-0.2, 0) is 0 Å². The Hall–Kier alpha value is -2.82. The number of fused-ring (bicyclic) bond motifs is 1. The molecule has 1 aromatic heterocycles. The number of nitrogens with zero attached hydrogens (tertiary/aromatic N) is 2. The number of para-hydroxylation sites is 1. The van der Waals surface area contributed by atoms with Crippen LogP contribution in [0.25, 0.3) is 16.7 Å². The van der Waals surface area contributed by atoms with E-state index in [2.05, 4.69) is 4.99 Å². The van der Waals surface area contributed by atoms with Crippen LogP contribution >= 0.6 is 23.2 Å². The number of aromatic nitrogens is 1. The fourth-order valence-electron chi connectivity index (χ4n) is 2.60. The van der Waals surface area contributed by atoms with Gasteiger partial charge in [-0.3, -0.25) is 4.79 Å². The van der Waals surface area contributed by atoms with E-state index in [1.807, 2.05) is 6.07 Å². The highest BCUT2D eigenvalue weighted by atomic mass is 35.5. The van der Waals surface area contributed by atoms with Gasteiger partial charge in [-0.15, -0.1) is 0 Å². The molecule has 0 aliphatic heterocycles. The summed E-state index contributed by atoms with van der Waals surface area (Å²) in [5.74, 6) is 0. The lowest BCUT2D eigenvalue weighted by atomic mass is 10.2. The molecule has 0 bridgehead atoms. The summed E-state index contributed by atoms with van der Waals surface area (Å²) in [7, 11) is 0. The van der Waals surface area contributed by atoms with E-state index >= 15 is 0 Å². The van der Waals surface area contributed by atoms with Gasteiger partial charge in [0.1, 0.15) is 5.58 Å². The summed E-state index contributed by atoms with van der Waals surface area (Å²) in [6.45, 7) is 0. The van der Waals surface area contributed by atoms with Gasteiger partial charge >= 0.3 is 5.68 Å². The molecule has 3 aromatic carbocycles. The number of hydrogen-bond acceptors (Lipinski definition) is 3. The average Bonchev–Trinajstić information content (AvgIpc) is 2.65. The number of rotatable bonds is 2. The second-order valence-electron chi connectivity index (χ2n) is 5.59. The Morgan fingerprint density at radius 1 is 0.808 bits per heavy atom. The SMILES string of the molecule is O=c1c2ccccc2oc(=Nc2ccc(Cl)cc2)n1-c1ccc(Cl)cc1. The van der Waals surface area contributed by atoms with E-state index in [0.717, 1.165) is 0 Å². The topological polar surface area (TPSA) is 47.5 Å². The lowest BCUT2D eigenvalue weighted by molar-refractivity contribution is 0.486. The van der Waals surface area contributed by atoms with Crippen molar-refractivity contribution in [3.8, 4) is 5.69 Å². The maximum absolute atomic E-state index is 13.1. The van der Waals surface area contributed by atoms with Gasteiger partial charge in [-0.1, -0.05) is 35.3 Å². The zero-order valence-electron chi connectivity index (χ0n) is 13.4. The van der Waals surface area contributed by atoms with Crippen molar-refractivity contribution in [2.24, 2.45) is 4.99 Å². The second kappa shape index (κ2) is 6.83. The van der Waals surface area contributed by atoms with Crippen molar-refractivity contribution >= 4 is 39.9 Å². The van der Waals surface area contributed by atoms with Crippen LogP contribution in [0.4, 0.5) is 5.69 Å². The van der Waals surface area contributed by atoms with Crippen LogP contribution in [0.5, 0.6) is 0 Å². The maximum Gasteiger partial charge on any atom is 0.310 e. The average molecular weight is 383 g/mol. The van der Waals surface area contributed by atoms with Gasteiger partial charge in [0.2, 0.25) is 0 Å². The first kappa shape index (κ1) is 16.6. The zero-order chi connectivity index (χ0) is 18.1. The lowest BCUT2D eigenvalue weighted by Crippen LogP contribution is -2.31. The van der Waals surface area contributed by atoms with E-state index in [4.69, 9.17) is 27.6 Å². The summed E-state index contributed by atoms with van der Waals surface area (Å²) in [6.07, 6.45) is 0. The van der Waals surface area contributed by atoms with Crippen molar-refractivity contribution < 1.29 is 4.42 Å². The predicted octanol–water partition coefficient (Wildman–Crippen LogP) is 5.12. The number of benzene rings is 3. The highest BCUT2D eigenvalue weighted by molar-refractivity contribution is 6.30. The van der Waals surface area contributed by atoms with Crippen molar-refractivity contribution in [3.63, 3.8) is 0 Å². The van der Waals surface area contributed by atoms with E-state index in [1.165, 1.54) is 4.57 Å². The minimum atomic E-state index is -0.220. The van der Waals surface area contributed by atoms with Gasteiger partial charge in [-0.2, -0.15) is 4.99 Å². The molecule has 0 aliphatic rings. The smallest absolute Gasteiger partial charge is 0.310 e. The monoisotopic (exact) mass is 382 g/mol. The highest BCUT2D eigenvalue weighted by Gasteiger charge is 2.10. The number of halogens is 2. The fraction of sp³-hybridized carbons (Fsp3) is 0. The first-order valence-corrected chi connectivity index (χ1v) is 8.58. The van der Waals surface area contributed by atoms with Gasteiger partial charge in [-0.05, 0) is 60.7 Å². The largest absolute Gasteiger partial charge is 0.424 e. The third-order valence-electron chi connectivity index (χ3n) is 3.85. The van der Waals surface area contributed by atoms with Crippen LogP contribution in [0.2, 0.25) is 10.0 Å². The van der Waals surface area contributed by atoms with Crippen LogP contribution in [-0.4, -0.2) is 4.57 Å². The van der Waals surface area contributed by atoms with E-state index < -0.39 is 0 Å². The molecule has 0 saturated carbocycles. The molecule has 0 spiro atoms. The van der Waals surface area contributed by atoms with E-state index in [1.54, 1.807) is 66.7 Å². The zero-order valence-corrected chi connectivity index (χ0v) is 14.9. The van der Waals surface area contributed by atoms with E-state index in [0.29, 0.717) is 32.4 Å². The van der Waals surface area contributed by atoms with Gasteiger partial charge in [-0.25, -0.2) is 4.57 Å². The van der Waals surface area contributed by atoms with Crippen molar-refractivity contribution in [1.29, 1.82) is 0 Å². The minimum Gasteiger partial charge on any atom is -0.424 e. The Morgan fingerprint density at radius 2 is 1.42 bits per heavy atom. The van der Waals surface area contributed by atoms with Crippen molar-refractivity contribution in [2.45, 2.75) is 0 Å². The molecule has 0 atom stereocenters. The van der Waals surface area contributed by atoms with Crippen LogP contribution < -0.4 is 11.2 Å². The Morgan fingerprint density at radius 3 is 2.12 bits per heavy atom.